The Balaban J connectivity index is 1.61. The van der Waals surface area contributed by atoms with Gasteiger partial charge in [0.2, 0.25) is 10.0 Å². The first-order valence-electron chi connectivity index (χ1n) is 8.65. The third-order valence-corrected chi connectivity index (χ3v) is 5.31. The maximum Gasteiger partial charge on any atom is 0.263 e. The van der Waals surface area contributed by atoms with Crippen molar-refractivity contribution in [2.24, 2.45) is 0 Å². The Morgan fingerprint density at radius 1 is 1.29 bits per heavy atom. The van der Waals surface area contributed by atoms with Gasteiger partial charge >= 0.3 is 0 Å². The van der Waals surface area contributed by atoms with Gasteiger partial charge < -0.3 is 14.8 Å². The van der Waals surface area contributed by atoms with Gasteiger partial charge in [-0.1, -0.05) is 6.07 Å². The van der Waals surface area contributed by atoms with Crippen molar-refractivity contribution in [2.75, 3.05) is 30.3 Å². The molecule has 150 valence electrons. The third kappa shape index (κ3) is 4.72. The molecule has 0 aliphatic carbocycles. The summed E-state index contributed by atoms with van der Waals surface area (Å²) in [5, 5.41) is 2.67. The van der Waals surface area contributed by atoms with Gasteiger partial charge in [0.05, 0.1) is 25.0 Å². The second-order valence-electron chi connectivity index (χ2n) is 6.47. The molecule has 0 spiro atoms. The molecule has 1 N–H and O–H groups in total. The first kappa shape index (κ1) is 19.9. The average Bonchev–Trinajstić information content (AvgIpc) is 2.64. The van der Waals surface area contributed by atoms with E-state index in [1.54, 1.807) is 18.2 Å². The molecule has 0 fully saturated rings. The van der Waals surface area contributed by atoms with Crippen molar-refractivity contribution in [1.82, 2.24) is 5.32 Å². The smallest absolute Gasteiger partial charge is 0.263 e. The Morgan fingerprint density at radius 2 is 2.00 bits per heavy atom. The summed E-state index contributed by atoms with van der Waals surface area (Å²) in [6, 6.07) is 10.7. The van der Waals surface area contributed by atoms with Gasteiger partial charge in [0.15, 0.2) is 6.10 Å². The predicted octanol–water partition coefficient (Wildman–Crippen LogP) is 1.86. The molecule has 0 saturated carbocycles. The van der Waals surface area contributed by atoms with E-state index in [0.717, 1.165) is 11.8 Å². The molecule has 1 amide bonds. The van der Waals surface area contributed by atoms with Crippen molar-refractivity contribution >= 4 is 21.6 Å². The zero-order valence-corrected chi connectivity index (χ0v) is 16.3. The zero-order chi connectivity index (χ0) is 20.3. The van der Waals surface area contributed by atoms with Crippen molar-refractivity contribution in [1.29, 1.82) is 0 Å². The van der Waals surface area contributed by atoms with Crippen molar-refractivity contribution in [3.05, 3.63) is 53.8 Å². The van der Waals surface area contributed by atoms with Crippen LogP contribution >= 0.6 is 0 Å². The van der Waals surface area contributed by atoms with Crippen LogP contribution in [0.5, 0.6) is 11.5 Å². The topological polar surface area (TPSA) is 84.9 Å². The number of nitrogens with zero attached hydrogens (tertiary/aromatic N) is 1. The molecule has 1 atom stereocenters. The van der Waals surface area contributed by atoms with Gasteiger partial charge in [0.25, 0.3) is 5.91 Å². The Morgan fingerprint density at radius 3 is 2.68 bits per heavy atom. The van der Waals surface area contributed by atoms with E-state index in [-0.39, 0.29) is 25.5 Å². The largest absolute Gasteiger partial charge is 0.492 e. The number of halogens is 1. The number of benzene rings is 2. The molecule has 0 saturated heterocycles. The summed E-state index contributed by atoms with van der Waals surface area (Å²) in [4.78, 5) is 12.5. The fourth-order valence-corrected chi connectivity index (χ4v) is 3.71. The Labute approximate surface area is 163 Å². The number of hydrogen-bond donors (Lipinski definition) is 1. The molecule has 2 aromatic carbocycles. The fraction of sp³-hybridized carbons (Fsp3) is 0.316. The number of carbonyl (C=O) groups excluding carboxylic acids is 1. The van der Waals surface area contributed by atoms with Crippen molar-refractivity contribution in [3.63, 3.8) is 0 Å². The van der Waals surface area contributed by atoms with Gasteiger partial charge in [-0.3, -0.25) is 9.10 Å². The molecule has 0 bridgehead atoms. The standard InChI is InChI=1S/C19H21FN2O5S/c1-13-3-8-16-17(11-13)27-18(12-22(16)28(2,24)25)19(23)21-9-10-26-15-6-4-14(20)5-7-15/h3-8,11,18H,9-10,12H2,1-2H3,(H,21,23). The summed E-state index contributed by atoms with van der Waals surface area (Å²) in [5.41, 5.74) is 1.30. The van der Waals surface area contributed by atoms with Crippen LogP contribution in [0, 0.1) is 12.7 Å². The van der Waals surface area contributed by atoms with E-state index < -0.39 is 22.0 Å². The van der Waals surface area contributed by atoms with E-state index >= 15 is 0 Å². The number of aryl methyl sites for hydroxylation is 1. The van der Waals surface area contributed by atoms with Crippen LogP contribution in [0.3, 0.4) is 0 Å². The molecule has 3 rings (SSSR count). The van der Waals surface area contributed by atoms with Crippen LogP contribution in [0.4, 0.5) is 10.1 Å². The van der Waals surface area contributed by atoms with Crippen molar-refractivity contribution < 1.29 is 27.1 Å². The summed E-state index contributed by atoms with van der Waals surface area (Å²) >= 11 is 0. The number of hydrogen-bond acceptors (Lipinski definition) is 5. The molecule has 1 aliphatic rings. The second-order valence-corrected chi connectivity index (χ2v) is 8.37. The molecule has 0 aromatic heterocycles. The molecule has 28 heavy (non-hydrogen) atoms. The minimum atomic E-state index is -3.57. The lowest BCUT2D eigenvalue weighted by Gasteiger charge is -2.34. The highest BCUT2D eigenvalue weighted by atomic mass is 32.2. The monoisotopic (exact) mass is 408 g/mol. The normalized spacial score (nSPS) is 16.1. The molecule has 1 aliphatic heterocycles. The van der Waals surface area contributed by atoms with Crippen LogP contribution in [-0.4, -0.2) is 46.4 Å². The summed E-state index contributed by atoms with van der Waals surface area (Å²) in [6.45, 7) is 2.11. The van der Waals surface area contributed by atoms with Crippen LogP contribution in [0.15, 0.2) is 42.5 Å². The number of anilines is 1. The molecule has 2 aromatic rings. The number of amides is 1. The summed E-state index contributed by atoms with van der Waals surface area (Å²) in [6.07, 6.45) is 0.114. The molecular weight excluding hydrogens is 387 g/mol. The number of fused-ring (bicyclic) bond motifs is 1. The minimum absolute atomic E-state index is 0.112. The van der Waals surface area contributed by atoms with Gasteiger partial charge in [-0.2, -0.15) is 0 Å². The van der Waals surface area contributed by atoms with E-state index in [2.05, 4.69) is 5.32 Å². The number of sulfonamides is 1. The summed E-state index contributed by atoms with van der Waals surface area (Å²) in [7, 11) is -3.57. The molecule has 9 heteroatoms. The predicted molar refractivity (Wildman–Crippen MR) is 103 cm³/mol. The van der Waals surface area contributed by atoms with Gasteiger partial charge in [-0.25, -0.2) is 12.8 Å². The Kier molecular flexibility index (Phi) is 5.73. The number of nitrogens with one attached hydrogen (secondary N) is 1. The van der Waals surface area contributed by atoms with Gasteiger partial charge in [-0.15, -0.1) is 0 Å². The first-order valence-corrected chi connectivity index (χ1v) is 10.5. The van der Waals surface area contributed by atoms with Crippen molar-refractivity contribution in [3.8, 4) is 11.5 Å². The maximum absolute atomic E-state index is 12.9. The Bertz CT molecular complexity index is 963. The van der Waals surface area contributed by atoms with Crippen LogP contribution in [-0.2, 0) is 14.8 Å². The molecule has 7 nitrogen and oxygen atoms in total. The highest BCUT2D eigenvalue weighted by molar-refractivity contribution is 7.92. The van der Waals surface area contributed by atoms with E-state index in [0.29, 0.717) is 17.2 Å². The van der Waals surface area contributed by atoms with E-state index in [1.165, 1.54) is 28.6 Å². The van der Waals surface area contributed by atoms with E-state index in [1.807, 2.05) is 6.92 Å². The Hall–Kier alpha value is -2.81. The molecular formula is C19H21FN2O5S. The quantitative estimate of drug-likeness (QED) is 0.738. The van der Waals surface area contributed by atoms with E-state index in [9.17, 15) is 17.6 Å². The maximum atomic E-state index is 12.9. The summed E-state index contributed by atoms with van der Waals surface area (Å²) < 4.78 is 49.4. The minimum Gasteiger partial charge on any atom is -0.492 e. The summed E-state index contributed by atoms with van der Waals surface area (Å²) in [5.74, 6) is 0.0289. The van der Waals surface area contributed by atoms with Gasteiger partial charge in [0.1, 0.15) is 23.9 Å². The SMILES string of the molecule is Cc1ccc2c(c1)OC(C(=O)NCCOc1ccc(F)cc1)CN2S(C)(=O)=O. The lowest BCUT2D eigenvalue weighted by molar-refractivity contribution is -0.127. The zero-order valence-electron chi connectivity index (χ0n) is 15.5. The molecule has 1 unspecified atom stereocenters. The van der Waals surface area contributed by atoms with Gasteiger partial charge in [-0.05, 0) is 48.9 Å². The van der Waals surface area contributed by atoms with Crippen LogP contribution < -0.4 is 19.1 Å². The highest BCUT2D eigenvalue weighted by Crippen LogP contribution is 2.35. The molecule has 1 heterocycles. The van der Waals surface area contributed by atoms with Crippen LogP contribution in [0.25, 0.3) is 0 Å². The highest BCUT2D eigenvalue weighted by Gasteiger charge is 2.34. The first-order chi connectivity index (χ1) is 13.2. The van der Waals surface area contributed by atoms with Crippen LogP contribution in [0.2, 0.25) is 0 Å². The lowest BCUT2D eigenvalue weighted by atomic mass is 10.1. The third-order valence-electron chi connectivity index (χ3n) is 4.16. The average molecular weight is 408 g/mol. The second kappa shape index (κ2) is 8.05. The fourth-order valence-electron chi connectivity index (χ4n) is 2.80. The number of ether oxygens (including phenoxy) is 2. The number of carbonyl (C=O) groups is 1. The van der Waals surface area contributed by atoms with E-state index in [4.69, 9.17) is 9.47 Å². The molecule has 0 radical (unpaired) electrons. The number of rotatable bonds is 6. The van der Waals surface area contributed by atoms with Crippen molar-refractivity contribution in [2.45, 2.75) is 13.0 Å². The van der Waals surface area contributed by atoms with Gasteiger partial charge in [0, 0.05) is 0 Å². The lowest BCUT2D eigenvalue weighted by Crippen LogP contribution is -2.51. The van der Waals surface area contributed by atoms with Crippen LogP contribution in [0.1, 0.15) is 5.56 Å².